The molecule has 2 aromatic heterocycles. The number of β-amino-alcohol motifs (C(OH)–C–C–N with tert-alkyl or cyclic N) is 1. The first-order valence-corrected chi connectivity index (χ1v) is 14.1. The molecule has 222 valence electrons. The molecule has 2 aliphatic heterocycles. The Morgan fingerprint density at radius 3 is 2.55 bits per heavy atom. The number of carbonyl (C=O) groups is 1. The number of ether oxygens (including phenoxy) is 1. The highest BCUT2D eigenvalue weighted by Crippen LogP contribution is 2.34. The molecule has 1 unspecified atom stereocenters. The highest BCUT2D eigenvalue weighted by molar-refractivity contribution is 5.81. The van der Waals surface area contributed by atoms with Crippen LogP contribution in [0.1, 0.15) is 36.6 Å². The lowest BCUT2D eigenvalue weighted by molar-refractivity contribution is -0.137. The molecule has 0 radical (unpaired) electrons. The van der Waals surface area contributed by atoms with Crippen molar-refractivity contribution in [2.75, 3.05) is 26.2 Å². The zero-order valence-electron chi connectivity index (χ0n) is 23.2. The summed E-state index contributed by atoms with van der Waals surface area (Å²) in [6, 6.07) is 12.5. The molecule has 12 heteroatoms. The van der Waals surface area contributed by atoms with Gasteiger partial charge in [-0.05, 0) is 42.3 Å². The Morgan fingerprint density at radius 2 is 1.83 bits per heavy atom. The summed E-state index contributed by atoms with van der Waals surface area (Å²) in [6.45, 7) is 4.53. The van der Waals surface area contributed by atoms with E-state index in [1.165, 1.54) is 19.1 Å². The Morgan fingerprint density at radius 1 is 1.10 bits per heavy atom. The molecule has 9 nitrogen and oxygen atoms in total. The summed E-state index contributed by atoms with van der Waals surface area (Å²) in [7, 11) is 0. The first-order chi connectivity index (χ1) is 20.2. The van der Waals surface area contributed by atoms with Crippen LogP contribution in [0.5, 0.6) is 5.88 Å². The Hall–Kier alpha value is -3.90. The molecule has 0 aliphatic carbocycles. The maximum absolute atomic E-state index is 13.1. The summed E-state index contributed by atoms with van der Waals surface area (Å²) in [5, 5.41) is 20.7. The molecule has 4 heterocycles. The maximum Gasteiger partial charge on any atom is 0.416 e. The van der Waals surface area contributed by atoms with Crippen molar-refractivity contribution in [1.82, 2.24) is 24.7 Å². The van der Waals surface area contributed by atoms with Crippen molar-refractivity contribution in [3.63, 3.8) is 0 Å². The number of hydrogen-bond donors (Lipinski definition) is 1. The van der Waals surface area contributed by atoms with Crippen LogP contribution in [-0.2, 0) is 30.5 Å². The van der Waals surface area contributed by atoms with E-state index in [1.54, 1.807) is 9.58 Å². The van der Waals surface area contributed by atoms with E-state index in [1.807, 2.05) is 24.3 Å². The molecule has 1 saturated heterocycles. The lowest BCUT2D eigenvalue weighted by Crippen LogP contribution is -2.43. The van der Waals surface area contributed by atoms with E-state index in [2.05, 4.69) is 10.1 Å². The fraction of sp³-hybridized carbons (Fsp3) is 0.433. The molecule has 4 aromatic rings. The molecule has 0 bridgehead atoms. The number of likely N-dealkylation sites (tertiary alicyclic amines) is 1. The normalized spacial score (nSPS) is 17.4. The second-order valence-electron chi connectivity index (χ2n) is 11.0. The van der Waals surface area contributed by atoms with Gasteiger partial charge in [0.25, 0.3) is 5.88 Å². The molecular weight excluding hydrogens is 551 g/mol. The predicted octanol–water partition coefficient (Wildman–Crippen LogP) is 4.52. The zero-order chi connectivity index (χ0) is 29.4. The second kappa shape index (κ2) is 11.4. The average Bonchev–Trinajstić information content (AvgIpc) is 3.54. The molecule has 42 heavy (non-hydrogen) atoms. The number of aromatic nitrogens is 3. The van der Waals surface area contributed by atoms with Crippen molar-refractivity contribution in [2.45, 2.75) is 57.7 Å². The Labute approximate surface area is 240 Å². The standard InChI is InChI=1S/C30H32F3N5O4/c1-19(39)37-15-12-26-25(18-37)28(20-6-8-21(9-7-20)30(31,32)33)34-38(26)17-22(40)16-36-13-10-23(11-14-36)41-29-24-4-2-3-5-27(24)42-35-29/h2-9,22-23,40H,10-18H2,1H3. The Bertz CT molecular complexity index is 1560. The Kier molecular flexibility index (Phi) is 7.67. The second-order valence-corrected chi connectivity index (χ2v) is 11.0. The van der Waals surface area contributed by atoms with Gasteiger partial charge in [-0.3, -0.25) is 9.48 Å². The summed E-state index contributed by atoms with van der Waals surface area (Å²) < 4.78 is 52.6. The lowest BCUT2D eigenvalue weighted by Gasteiger charge is -2.33. The molecule has 1 amide bonds. The molecule has 1 atom stereocenters. The van der Waals surface area contributed by atoms with Crippen LogP contribution in [0.15, 0.2) is 53.1 Å². The van der Waals surface area contributed by atoms with Crippen molar-refractivity contribution in [2.24, 2.45) is 0 Å². The smallest absolute Gasteiger partial charge is 0.416 e. The summed E-state index contributed by atoms with van der Waals surface area (Å²) >= 11 is 0. The zero-order valence-corrected chi connectivity index (χ0v) is 23.2. The van der Waals surface area contributed by atoms with Gasteiger partial charge >= 0.3 is 6.18 Å². The minimum atomic E-state index is -4.43. The topological polar surface area (TPSA) is 96.9 Å². The van der Waals surface area contributed by atoms with E-state index in [-0.39, 0.29) is 18.6 Å². The van der Waals surface area contributed by atoms with Gasteiger partial charge in [0, 0.05) is 62.9 Å². The van der Waals surface area contributed by atoms with E-state index >= 15 is 0 Å². The maximum atomic E-state index is 13.1. The fourth-order valence-electron chi connectivity index (χ4n) is 5.83. The lowest BCUT2D eigenvalue weighted by atomic mass is 10.00. The minimum Gasteiger partial charge on any atom is -0.472 e. The molecule has 0 saturated carbocycles. The number of fused-ring (bicyclic) bond motifs is 2. The van der Waals surface area contributed by atoms with Gasteiger partial charge < -0.3 is 24.2 Å². The van der Waals surface area contributed by atoms with E-state index in [0.29, 0.717) is 48.8 Å². The third kappa shape index (κ3) is 5.86. The van der Waals surface area contributed by atoms with Crippen LogP contribution >= 0.6 is 0 Å². The van der Waals surface area contributed by atoms with Gasteiger partial charge in [-0.15, -0.1) is 0 Å². The van der Waals surface area contributed by atoms with Gasteiger partial charge in [0.15, 0.2) is 5.58 Å². The van der Waals surface area contributed by atoms with Crippen LogP contribution in [0.2, 0.25) is 0 Å². The third-order valence-corrected chi connectivity index (χ3v) is 8.07. The van der Waals surface area contributed by atoms with Gasteiger partial charge in [-0.2, -0.15) is 18.3 Å². The third-order valence-electron chi connectivity index (χ3n) is 8.07. The number of alkyl halides is 3. The number of halogens is 3. The molecule has 0 spiro atoms. The fourth-order valence-corrected chi connectivity index (χ4v) is 5.83. The number of benzene rings is 2. The van der Waals surface area contributed by atoms with Crippen LogP contribution in [0.25, 0.3) is 22.2 Å². The Balaban J connectivity index is 1.11. The van der Waals surface area contributed by atoms with E-state index < -0.39 is 17.8 Å². The van der Waals surface area contributed by atoms with E-state index in [0.717, 1.165) is 54.7 Å². The highest BCUT2D eigenvalue weighted by Gasteiger charge is 2.32. The average molecular weight is 584 g/mol. The number of amides is 1. The quantitative estimate of drug-likeness (QED) is 0.342. The summed E-state index contributed by atoms with van der Waals surface area (Å²) in [4.78, 5) is 16.0. The molecule has 2 aromatic carbocycles. The van der Waals surface area contributed by atoms with Gasteiger partial charge in [-0.1, -0.05) is 24.3 Å². The van der Waals surface area contributed by atoms with Gasteiger partial charge in [-0.25, -0.2) is 0 Å². The number of para-hydroxylation sites is 1. The molecular formula is C30H32F3N5O4. The number of aliphatic hydroxyl groups is 1. The molecule has 1 N–H and O–H groups in total. The van der Waals surface area contributed by atoms with E-state index in [4.69, 9.17) is 14.4 Å². The summed E-state index contributed by atoms with van der Waals surface area (Å²) in [5.41, 5.74) is 2.73. The molecule has 1 fully saturated rings. The number of carbonyl (C=O) groups excluding carboxylic acids is 1. The van der Waals surface area contributed by atoms with Crippen LogP contribution in [0, 0.1) is 0 Å². The molecule has 6 rings (SSSR count). The van der Waals surface area contributed by atoms with Crippen molar-refractivity contribution in [3.8, 4) is 17.1 Å². The largest absolute Gasteiger partial charge is 0.472 e. The van der Waals surface area contributed by atoms with Crippen molar-refractivity contribution in [1.29, 1.82) is 0 Å². The number of piperidine rings is 1. The predicted molar refractivity (Wildman–Crippen MR) is 148 cm³/mol. The first kappa shape index (κ1) is 28.2. The summed E-state index contributed by atoms with van der Waals surface area (Å²) in [5.74, 6) is 0.427. The van der Waals surface area contributed by atoms with Crippen LogP contribution in [0.4, 0.5) is 13.2 Å². The first-order valence-electron chi connectivity index (χ1n) is 14.1. The van der Waals surface area contributed by atoms with Crippen molar-refractivity contribution in [3.05, 3.63) is 65.4 Å². The SMILES string of the molecule is CC(=O)N1CCc2c(c(-c3ccc(C(F)(F)F)cc3)nn2CC(O)CN2CCC(Oc3noc4ccccc34)CC2)C1. The van der Waals surface area contributed by atoms with E-state index in [9.17, 15) is 23.1 Å². The van der Waals surface area contributed by atoms with Crippen LogP contribution in [0.3, 0.4) is 0 Å². The van der Waals surface area contributed by atoms with Crippen LogP contribution < -0.4 is 4.74 Å². The number of hydrogen-bond acceptors (Lipinski definition) is 7. The monoisotopic (exact) mass is 583 g/mol. The van der Waals surface area contributed by atoms with Crippen molar-refractivity contribution >= 4 is 16.9 Å². The molecule has 2 aliphatic rings. The van der Waals surface area contributed by atoms with Gasteiger partial charge in [0.1, 0.15) is 6.10 Å². The van der Waals surface area contributed by atoms with Gasteiger partial charge in [0.05, 0.1) is 29.3 Å². The number of rotatable bonds is 7. The minimum absolute atomic E-state index is 0.000507. The van der Waals surface area contributed by atoms with Crippen LogP contribution in [-0.4, -0.2) is 74.1 Å². The highest BCUT2D eigenvalue weighted by atomic mass is 19.4. The van der Waals surface area contributed by atoms with Gasteiger partial charge in [0.2, 0.25) is 5.91 Å². The summed E-state index contributed by atoms with van der Waals surface area (Å²) in [6.07, 6.45) is -3.03. The number of aliphatic hydroxyl groups excluding tert-OH is 1. The van der Waals surface area contributed by atoms with Crippen molar-refractivity contribution < 1.29 is 32.3 Å². The number of nitrogens with zero attached hydrogens (tertiary/aromatic N) is 5.